The number of fused-ring (bicyclic) bond motifs is 1. The first-order valence-electron chi connectivity index (χ1n) is 7.11. The van der Waals surface area contributed by atoms with E-state index in [0.29, 0.717) is 16.7 Å². The fourth-order valence-corrected chi connectivity index (χ4v) is 3.08. The molecule has 0 spiro atoms. The minimum Gasteiger partial charge on any atom is -0.349 e. The molecule has 0 bridgehead atoms. The van der Waals surface area contributed by atoms with Crippen molar-refractivity contribution >= 4 is 11.6 Å². The topological polar surface area (TPSA) is 37.4 Å². The maximum atomic E-state index is 12.5. The molecule has 0 atom stereocenters. The van der Waals surface area contributed by atoms with Gasteiger partial charge in [0.15, 0.2) is 11.6 Å². The quantitative estimate of drug-likeness (QED) is 0.583. The van der Waals surface area contributed by atoms with Crippen molar-refractivity contribution < 1.29 is 9.59 Å². The summed E-state index contributed by atoms with van der Waals surface area (Å²) < 4.78 is 0. The lowest BCUT2D eigenvalue weighted by atomic mass is 9.99. The van der Waals surface area contributed by atoms with Crippen LogP contribution in [0.15, 0.2) is 59.0 Å². The summed E-state index contributed by atoms with van der Waals surface area (Å²) in [6, 6.07) is 7.02. The van der Waals surface area contributed by atoms with Crippen molar-refractivity contribution in [2.75, 3.05) is 6.54 Å². The normalized spacial score (nSPS) is 18.0. The first-order valence-corrected chi connectivity index (χ1v) is 7.11. The lowest BCUT2D eigenvalue weighted by Gasteiger charge is -2.28. The van der Waals surface area contributed by atoms with E-state index < -0.39 is 0 Å². The molecule has 0 amide bonds. The molecule has 1 aromatic rings. The summed E-state index contributed by atoms with van der Waals surface area (Å²) in [6.45, 7) is 6.94. The van der Waals surface area contributed by atoms with E-state index in [1.165, 1.54) is 0 Å². The van der Waals surface area contributed by atoms with Crippen LogP contribution in [0.25, 0.3) is 0 Å². The van der Waals surface area contributed by atoms with E-state index >= 15 is 0 Å². The van der Waals surface area contributed by atoms with Gasteiger partial charge in [-0.1, -0.05) is 24.3 Å². The van der Waals surface area contributed by atoms with E-state index in [1.807, 2.05) is 26.0 Å². The Labute approximate surface area is 124 Å². The third-order valence-electron chi connectivity index (χ3n) is 4.06. The van der Waals surface area contributed by atoms with Crippen LogP contribution in [0.4, 0.5) is 0 Å². The SMILES string of the molecule is CCN1C(C)=CC(=C2C(=O)c3ccccc3C2=O)C=C1C. The molecule has 3 rings (SSSR count). The monoisotopic (exact) mass is 279 g/mol. The molecule has 3 nitrogen and oxygen atoms in total. The standard InChI is InChI=1S/C18H17NO2/c1-4-19-11(2)9-13(10-12(19)3)16-17(20)14-7-5-6-8-15(14)18(16)21/h5-10H,4H2,1-3H3. The fourth-order valence-electron chi connectivity index (χ4n) is 3.08. The predicted octanol–water partition coefficient (Wildman–Crippen LogP) is 3.51. The average molecular weight is 279 g/mol. The van der Waals surface area contributed by atoms with Gasteiger partial charge in [-0.15, -0.1) is 0 Å². The Morgan fingerprint density at radius 2 is 1.38 bits per heavy atom. The minimum absolute atomic E-state index is 0.163. The van der Waals surface area contributed by atoms with Crippen LogP contribution in [0.1, 0.15) is 41.5 Å². The van der Waals surface area contributed by atoms with E-state index in [4.69, 9.17) is 0 Å². The number of ketones is 2. The molecule has 0 unspecified atom stereocenters. The molecule has 1 aliphatic heterocycles. The van der Waals surface area contributed by atoms with Gasteiger partial charge in [-0.05, 0) is 38.5 Å². The Balaban J connectivity index is 2.16. The van der Waals surface area contributed by atoms with Gasteiger partial charge in [0.1, 0.15) is 0 Å². The summed E-state index contributed by atoms with van der Waals surface area (Å²) in [5.41, 5.74) is 4.15. The van der Waals surface area contributed by atoms with Gasteiger partial charge >= 0.3 is 0 Å². The van der Waals surface area contributed by atoms with Crippen molar-refractivity contribution in [3.63, 3.8) is 0 Å². The lowest BCUT2D eigenvalue weighted by molar-refractivity contribution is 0.0988. The molecule has 0 saturated heterocycles. The van der Waals surface area contributed by atoms with Gasteiger partial charge in [0.05, 0.1) is 5.57 Å². The van der Waals surface area contributed by atoms with Crippen molar-refractivity contribution in [3.8, 4) is 0 Å². The Morgan fingerprint density at radius 3 is 1.81 bits per heavy atom. The molecule has 1 aliphatic carbocycles. The zero-order chi connectivity index (χ0) is 15.1. The van der Waals surface area contributed by atoms with Crippen LogP contribution in [-0.4, -0.2) is 23.0 Å². The van der Waals surface area contributed by atoms with Crippen molar-refractivity contribution in [1.82, 2.24) is 4.90 Å². The molecule has 0 saturated carbocycles. The number of carbonyl (C=O) groups excluding carboxylic acids is 2. The maximum Gasteiger partial charge on any atom is 0.198 e. The Morgan fingerprint density at radius 1 is 0.905 bits per heavy atom. The van der Waals surface area contributed by atoms with Crippen LogP contribution >= 0.6 is 0 Å². The van der Waals surface area contributed by atoms with Crippen LogP contribution in [0.2, 0.25) is 0 Å². The van der Waals surface area contributed by atoms with Crippen LogP contribution in [0, 0.1) is 0 Å². The first kappa shape index (κ1) is 13.6. The van der Waals surface area contributed by atoms with Crippen molar-refractivity contribution in [3.05, 3.63) is 70.1 Å². The zero-order valence-electron chi connectivity index (χ0n) is 12.4. The van der Waals surface area contributed by atoms with E-state index in [2.05, 4.69) is 11.8 Å². The highest BCUT2D eigenvalue weighted by Crippen LogP contribution is 2.32. The maximum absolute atomic E-state index is 12.5. The molecule has 2 aliphatic rings. The van der Waals surface area contributed by atoms with E-state index in [0.717, 1.165) is 23.5 Å². The molecule has 0 radical (unpaired) electrons. The van der Waals surface area contributed by atoms with Gasteiger partial charge in [-0.2, -0.15) is 0 Å². The van der Waals surface area contributed by atoms with E-state index in [-0.39, 0.29) is 11.6 Å². The van der Waals surface area contributed by atoms with Crippen molar-refractivity contribution in [1.29, 1.82) is 0 Å². The Kier molecular flexibility index (Phi) is 3.13. The van der Waals surface area contributed by atoms with Crippen molar-refractivity contribution in [2.24, 2.45) is 0 Å². The zero-order valence-corrected chi connectivity index (χ0v) is 12.4. The third-order valence-corrected chi connectivity index (χ3v) is 4.06. The lowest BCUT2D eigenvalue weighted by Crippen LogP contribution is -2.22. The van der Waals surface area contributed by atoms with Gasteiger partial charge < -0.3 is 4.90 Å². The second-order valence-corrected chi connectivity index (χ2v) is 5.35. The highest BCUT2D eigenvalue weighted by Gasteiger charge is 2.35. The van der Waals surface area contributed by atoms with Gasteiger partial charge in [0.25, 0.3) is 0 Å². The summed E-state index contributed by atoms with van der Waals surface area (Å²) in [4.78, 5) is 27.2. The number of allylic oxidation sites excluding steroid dienone is 6. The number of hydrogen-bond acceptors (Lipinski definition) is 3. The number of hydrogen-bond donors (Lipinski definition) is 0. The third kappa shape index (κ3) is 1.97. The Hall–Kier alpha value is -2.42. The van der Waals surface area contributed by atoms with Gasteiger partial charge in [0.2, 0.25) is 0 Å². The molecule has 0 fully saturated rings. The molecular weight excluding hydrogens is 262 g/mol. The van der Waals surface area contributed by atoms with Crippen molar-refractivity contribution in [2.45, 2.75) is 20.8 Å². The molecule has 0 N–H and O–H groups in total. The van der Waals surface area contributed by atoms with Crippen LogP contribution in [-0.2, 0) is 0 Å². The van der Waals surface area contributed by atoms with Gasteiger partial charge in [-0.25, -0.2) is 0 Å². The Bertz CT molecular complexity index is 691. The van der Waals surface area contributed by atoms with Crippen LogP contribution < -0.4 is 0 Å². The summed E-state index contributed by atoms with van der Waals surface area (Å²) in [5, 5.41) is 0. The number of benzene rings is 1. The smallest absolute Gasteiger partial charge is 0.198 e. The highest BCUT2D eigenvalue weighted by atomic mass is 16.2. The summed E-state index contributed by atoms with van der Waals surface area (Å²) in [5.74, 6) is -0.327. The van der Waals surface area contributed by atoms with Crippen LogP contribution in [0.3, 0.4) is 0 Å². The number of carbonyl (C=O) groups is 2. The molecule has 3 heteroatoms. The minimum atomic E-state index is -0.163. The number of nitrogens with zero attached hydrogens (tertiary/aromatic N) is 1. The number of Topliss-reactive ketones (excluding diaryl/α,β-unsaturated/α-hetero) is 2. The molecular formula is C18H17NO2. The van der Waals surface area contributed by atoms with Gasteiger partial charge in [-0.3, -0.25) is 9.59 Å². The highest BCUT2D eigenvalue weighted by molar-refractivity contribution is 6.40. The average Bonchev–Trinajstić information content (AvgIpc) is 2.71. The molecule has 21 heavy (non-hydrogen) atoms. The van der Waals surface area contributed by atoms with Crippen LogP contribution in [0.5, 0.6) is 0 Å². The summed E-state index contributed by atoms with van der Waals surface area (Å²) >= 11 is 0. The largest absolute Gasteiger partial charge is 0.349 e. The summed E-state index contributed by atoms with van der Waals surface area (Å²) in [7, 11) is 0. The second-order valence-electron chi connectivity index (χ2n) is 5.35. The number of rotatable bonds is 1. The second kappa shape index (κ2) is 4.85. The fraction of sp³-hybridized carbons (Fsp3) is 0.222. The molecule has 106 valence electrons. The van der Waals surface area contributed by atoms with E-state index in [9.17, 15) is 9.59 Å². The summed E-state index contributed by atoms with van der Waals surface area (Å²) in [6.07, 6.45) is 3.85. The van der Waals surface area contributed by atoms with E-state index in [1.54, 1.807) is 24.3 Å². The first-order chi connectivity index (χ1) is 10.0. The molecule has 1 aromatic carbocycles. The molecule has 0 aromatic heterocycles. The molecule has 1 heterocycles. The van der Waals surface area contributed by atoms with Gasteiger partial charge in [0, 0.05) is 29.1 Å². The predicted molar refractivity (Wildman–Crippen MR) is 82.0 cm³/mol.